The van der Waals surface area contributed by atoms with E-state index in [4.69, 9.17) is 0 Å². The highest BCUT2D eigenvalue weighted by Gasteiger charge is 2.17. The zero-order valence-electron chi connectivity index (χ0n) is 14.6. The number of fused-ring (bicyclic) bond motifs is 1. The molecule has 0 spiro atoms. The van der Waals surface area contributed by atoms with Crippen molar-refractivity contribution in [3.05, 3.63) is 34.4 Å². The van der Waals surface area contributed by atoms with Gasteiger partial charge in [0.1, 0.15) is 6.54 Å². The fourth-order valence-electron chi connectivity index (χ4n) is 3.40. The first-order valence-electron chi connectivity index (χ1n) is 8.85. The quantitative estimate of drug-likeness (QED) is 0.829. The standard InChI is InChI=1S/C19H24BrN3O2/c1-14-19(20)15-7-3-4-8-16(15)23(14)13-17(24)21-10-9-18(25)22-11-5-2-6-12-22/h3-4,7-8H,2,5-6,9-13H2,1H3,(H,21,24). The zero-order valence-corrected chi connectivity index (χ0v) is 16.1. The molecule has 0 radical (unpaired) electrons. The van der Waals surface area contributed by atoms with E-state index in [0.717, 1.165) is 47.0 Å². The van der Waals surface area contributed by atoms with Crippen molar-refractivity contribution in [2.75, 3.05) is 19.6 Å². The number of likely N-dealkylation sites (tertiary alicyclic amines) is 1. The number of benzene rings is 1. The number of carbonyl (C=O) groups is 2. The second-order valence-electron chi connectivity index (χ2n) is 6.54. The Morgan fingerprint density at radius 2 is 1.88 bits per heavy atom. The Kier molecular flexibility index (Phi) is 5.78. The molecule has 0 aliphatic carbocycles. The molecule has 1 fully saturated rings. The number of para-hydroxylation sites is 1. The van der Waals surface area contributed by atoms with Crippen LogP contribution in [0.4, 0.5) is 0 Å². The summed E-state index contributed by atoms with van der Waals surface area (Å²) in [6, 6.07) is 8.02. The second-order valence-corrected chi connectivity index (χ2v) is 7.34. The summed E-state index contributed by atoms with van der Waals surface area (Å²) in [6.45, 7) is 4.37. The Hall–Kier alpha value is -1.82. The van der Waals surface area contributed by atoms with E-state index in [1.807, 2.05) is 40.7 Å². The molecule has 0 atom stereocenters. The highest BCUT2D eigenvalue weighted by Crippen LogP contribution is 2.30. The largest absolute Gasteiger partial charge is 0.354 e. The van der Waals surface area contributed by atoms with Gasteiger partial charge >= 0.3 is 0 Å². The normalized spacial score (nSPS) is 14.7. The molecule has 0 saturated carbocycles. The predicted octanol–water partition coefficient (Wildman–Crippen LogP) is 3.23. The van der Waals surface area contributed by atoms with Gasteiger partial charge < -0.3 is 14.8 Å². The van der Waals surface area contributed by atoms with Gasteiger partial charge in [0.25, 0.3) is 0 Å². The molecule has 1 saturated heterocycles. The number of carbonyl (C=O) groups excluding carboxylic acids is 2. The van der Waals surface area contributed by atoms with Gasteiger partial charge in [0.15, 0.2) is 0 Å². The molecule has 1 aliphatic rings. The molecule has 25 heavy (non-hydrogen) atoms. The molecule has 5 nitrogen and oxygen atoms in total. The van der Waals surface area contributed by atoms with E-state index in [-0.39, 0.29) is 18.4 Å². The lowest BCUT2D eigenvalue weighted by molar-refractivity contribution is -0.132. The van der Waals surface area contributed by atoms with E-state index in [9.17, 15) is 9.59 Å². The molecule has 2 amide bonds. The van der Waals surface area contributed by atoms with E-state index in [0.29, 0.717) is 13.0 Å². The lowest BCUT2D eigenvalue weighted by Gasteiger charge is -2.26. The number of nitrogens with zero attached hydrogens (tertiary/aromatic N) is 2. The summed E-state index contributed by atoms with van der Waals surface area (Å²) in [5.74, 6) is 0.0770. The van der Waals surface area contributed by atoms with E-state index >= 15 is 0 Å². The number of amides is 2. The minimum Gasteiger partial charge on any atom is -0.354 e. The van der Waals surface area contributed by atoms with E-state index in [1.54, 1.807) is 0 Å². The first-order chi connectivity index (χ1) is 12.1. The van der Waals surface area contributed by atoms with Gasteiger partial charge in [-0.05, 0) is 48.2 Å². The summed E-state index contributed by atoms with van der Waals surface area (Å²) >= 11 is 3.60. The maximum Gasteiger partial charge on any atom is 0.239 e. The van der Waals surface area contributed by atoms with Gasteiger partial charge in [-0.15, -0.1) is 0 Å². The topological polar surface area (TPSA) is 54.3 Å². The number of hydrogen-bond donors (Lipinski definition) is 1. The molecule has 2 heterocycles. The van der Waals surface area contributed by atoms with Crippen molar-refractivity contribution in [2.45, 2.75) is 39.2 Å². The molecule has 0 bridgehead atoms. The number of piperidine rings is 1. The van der Waals surface area contributed by atoms with E-state index in [2.05, 4.69) is 21.2 Å². The molecule has 6 heteroatoms. The minimum atomic E-state index is -0.0669. The smallest absolute Gasteiger partial charge is 0.239 e. The summed E-state index contributed by atoms with van der Waals surface area (Å²) in [5, 5.41) is 3.98. The molecule has 1 aliphatic heterocycles. The van der Waals surface area contributed by atoms with Crippen LogP contribution in [0.1, 0.15) is 31.4 Å². The lowest BCUT2D eigenvalue weighted by Crippen LogP contribution is -2.38. The van der Waals surface area contributed by atoms with Gasteiger partial charge in [-0.2, -0.15) is 0 Å². The Morgan fingerprint density at radius 3 is 2.64 bits per heavy atom. The number of halogens is 1. The van der Waals surface area contributed by atoms with Crippen molar-refractivity contribution >= 4 is 38.6 Å². The third kappa shape index (κ3) is 4.06. The molecular formula is C19H24BrN3O2. The molecule has 1 N–H and O–H groups in total. The van der Waals surface area contributed by atoms with Crippen LogP contribution in [0.2, 0.25) is 0 Å². The molecule has 134 valence electrons. The summed E-state index contributed by atoms with van der Waals surface area (Å²) in [4.78, 5) is 26.3. The van der Waals surface area contributed by atoms with Gasteiger partial charge in [-0.25, -0.2) is 0 Å². The fourth-order valence-corrected chi connectivity index (χ4v) is 3.95. The van der Waals surface area contributed by atoms with Gasteiger partial charge in [-0.1, -0.05) is 18.2 Å². The van der Waals surface area contributed by atoms with Crippen molar-refractivity contribution in [2.24, 2.45) is 0 Å². The lowest BCUT2D eigenvalue weighted by atomic mass is 10.1. The number of nitrogens with one attached hydrogen (secondary N) is 1. The van der Waals surface area contributed by atoms with Crippen LogP contribution in [0.25, 0.3) is 10.9 Å². The van der Waals surface area contributed by atoms with Crippen LogP contribution >= 0.6 is 15.9 Å². The highest BCUT2D eigenvalue weighted by atomic mass is 79.9. The SMILES string of the molecule is Cc1c(Br)c2ccccc2n1CC(=O)NCCC(=O)N1CCCCC1. The Morgan fingerprint density at radius 1 is 1.16 bits per heavy atom. The molecule has 1 aromatic carbocycles. The predicted molar refractivity (Wildman–Crippen MR) is 102 cm³/mol. The number of aromatic nitrogens is 1. The Bertz CT molecular complexity index is 778. The molecule has 1 aromatic heterocycles. The molecule has 2 aromatic rings. The van der Waals surface area contributed by atoms with Crippen molar-refractivity contribution < 1.29 is 9.59 Å². The van der Waals surface area contributed by atoms with Crippen molar-refractivity contribution in [1.82, 2.24) is 14.8 Å². The van der Waals surface area contributed by atoms with Crippen LogP contribution in [0.15, 0.2) is 28.7 Å². The Balaban J connectivity index is 1.55. The fraction of sp³-hybridized carbons (Fsp3) is 0.474. The van der Waals surface area contributed by atoms with Crippen LogP contribution in [-0.4, -0.2) is 40.9 Å². The van der Waals surface area contributed by atoms with Gasteiger partial charge in [0, 0.05) is 47.1 Å². The van der Waals surface area contributed by atoms with Crippen LogP contribution in [0.3, 0.4) is 0 Å². The second kappa shape index (κ2) is 8.04. The van der Waals surface area contributed by atoms with Crippen molar-refractivity contribution in [3.8, 4) is 0 Å². The highest BCUT2D eigenvalue weighted by molar-refractivity contribution is 9.10. The monoisotopic (exact) mass is 405 g/mol. The molecular weight excluding hydrogens is 382 g/mol. The van der Waals surface area contributed by atoms with E-state index in [1.165, 1.54) is 6.42 Å². The van der Waals surface area contributed by atoms with Gasteiger partial charge in [0.2, 0.25) is 11.8 Å². The Labute approximate surface area is 156 Å². The summed E-state index contributed by atoms with van der Waals surface area (Å²) < 4.78 is 3.03. The molecule has 3 rings (SSSR count). The molecule has 0 unspecified atom stereocenters. The number of rotatable bonds is 5. The summed E-state index contributed by atoms with van der Waals surface area (Å²) in [5.41, 5.74) is 2.06. The van der Waals surface area contributed by atoms with Gasteiger partial charge in [-0.3, -0.25) is 9.59 Å². The van der Waals surface area contributed by atoms with Crippen LogP contribution in [0.5, 0.6) is 0 Å². The first kappa shape index (κ1) is 18.0. The maximum atomic E-state index is 12.3. The average molecular weight is 406 g/mol. The minimum absolute atomic E-state index is 0.0669. The zero-order chi connectivity index (χ0) is 17.8. The summed E-state index contributed by atoms with van der Waals surface area (Å²) in [7, 11) is 0. The average Bonchev–Trinajstić information content (AvgIpc) is 2.88. The van der Waals surface area contributed by atoms with E-state index < -0.39 is 0 Å². The van der Waals surface area contributed by atoms with Gasteiger partial charge in [0.05, 0.1) is 0 Å². The maximum absolute atomic E-state index is 12.3. The first-order valence-corrected chi connectivity index (χ1v) is 9.65. The van der Waals surface area contributed by atoms with Crippen LogP contribution < -0.4 is 5.32 Å². The third-order valence-electron chi connectivity index (χ3n) is 4.83. The van der Waals surface area contributed by atoms with Crippen molar-refractivity contribution in [3.63, 3.8) is 0 Å². The van der Waals surface area contributed by atoms with Crippen LogP contribution in [0, 0.1) is 6.92 Å². The number of hydrogen-bond acceptors (Lipinski definition) is 2. The summed E-state index contributed by atoms with van der Waals surface area (Å²) in [6.07, 6.45) is 3.76. The van der Waals surface area contributed by atoms with Crippen LogP contribution in [-0.2, 0) is 16.1 Å². The van der Waals surface area contributed by atoms with Crippen molar-refractivity contribution in [1.29, 1.82) is 0 Å². The third-order valence-corrected chi connectivity index (χ3v) is 5.83.